The SMILES string of the molecule is C[C@@H]1NCC2CCCCC21. The molecule has 1 aliphatic heterocycles. The first-order chi connectivity index (χ1) is 4.88. The summed E-state index contributed by atoms with van der Waals surface area (Å²) in [5.74, 6) is 2.05. The standard InChI is InChI=1S/C9H17N/c1-7-9-5-3-2-4-8(9)6-10-7/h7-10H,2-6H2,1H3/t7-,8?,9?/m0/s1. The highest BCUT2D eigenvalue weighted by Gasteiger charge is 2.34. The Kier molecular flexibility index (Phi) is 1.69. The van der Waals surface area contributed by atoms with E-state index in [1.807, 2.05) is 0 Å². The van der Waals surface area contributed by atoms with Gasteiger partial charge >= 0.3 is 0 Å². The van der Waals surface area contributed by atoms with Crippen LogP contribution in [0.2, 0.25) is 0 Å². The van der Waals surface area contributed by atoms with E-state index < -0.39 is 0 Å². The second kappa shape index (κ2) is 2.54. The lowest BCUT2D eigenvalue weighted by atomic mass is 9.79. The van der Waals surface area contributed by atoms with Crippen molar-refractivity contribution < 1.29 is 0 Å². The van der Waals surface area contributed by atoms with Crippen molar-refractivity contribution in [1.29, 1.82) is 0 Å². The molecule has 1 N–H and O–H groups in total. The molecule has 2 unspecified atom stereocenters. The van der Waals surface area contributed by atoms with Crippen molar-refractivity contribution in [2.75, 3.05) is 6.54 Å². The van der Waals surface area contributed by atoms with Gasteiger partial charge in [-0.25, -0.2) is 0 Å². The van der Waals surface area contributed by atoms with Gasteiger partial charge in [-0.1, -0.05) is 12.8 Å². The van der Waals surface area contributed by atoms with Crippen LogP contribution in [0.4, 0.5) is 0 Å². The number of hydrogen-bond donors (Lipinski definition) is 1. The molecule has 0 aromatic rings. The molecule has 0 amide bonds. The van der Waals surface area contributed by atoms with Crippen LogP contribution in [-0.2, 0) is 0 Å². The minimum absolute atomic E-state index is 0.810. The maximum atomic E-state index is 3.56. The third kappa shape index (κ3) is 0.968. The van der Waals surface area contributed by atoms with E-state index in [0.29, 0.717) is 0 Å². The summed E-state index contributed by atoms with van der Waals surface area (Å²) >= 11 is 0. The van der Waals surface area contributed by atoms with Crippen LogP contribution < -0.4 is 5.32 Å². The topological polar surface area (TPSA) is 12.0 Å². The Morgan fingerprint density at radius 3 is 2.80 bits per heavy atom. The molecule has 1 heteroatoms. The lowest BCUT2D eigenvalue weighted by molar-refractivity contribution is 0.272. The third-order valence-corrected chi connectivity index (χ3v) is 3.31. The van der Waals surface area contributed by atoms with Crippen molar-refractivity contribution >= 4 is 0 Å². The van der Waals surface area contributed by atoms with E-state index in [2.05, 4.69) is 12.2 Å². The van der Waals surface area contributed by atoms with Crippen LogP contribution in [0.1, 0.15) is 32.6 Å². The Bertz CT molecular complexity index is 120. The molecule has 0 bridgehead atoms. The fourth-order valence-corrected chi connectivity index (χ4v) is 2.64. The van der Waals surface area contributed by atoms with Crippen LogP contribution in [0.5, 0.6) is 0 Å². The molecule has 3 atom stereocenters. The molecule has 10 heavy (non-hydrogen) atoms. The van der Waals surface area contributed by atoms with Crippen molar-refractivity contribution in [3.8, 4) is 0 Å². The van der Waals surface area contributed by atoms with Crippen molar-refractivity contribution in [2.45, 2.75) is 38.6 Å². The fourth-order valence-electron chi connectivity index (χ4n) is 2.64. The zero-order valence-corrected chi connectivity index (χ0v) is 6.77. The minimum Gasteiger partial charge on any atom is -0.314 e. The first-order valence-corrected chi connectivity index (χ1v) is 4.61. The number of nitrogens with one attached hydrogen (secondary N) is 1. The predicted molar refractivity (Wildman–Crippen MR) is 42.9 cm³/mol. The van der Waals surface area contributed by atoms with Crippen LogP contribution in [0.15, 0.2) is 0 Å². The van der Waals surface area contributed by atoms with E-state index in [4.69, 9.17) is 0 Å². The van der Waals surface area contributed by atoms with Gasteiger partial charge in [-0.3, -0.25) is 0 Å². The largest absolute Gasteiger partial charge is 0.314 e. The van der Waals surface area contributed by atoms with Gasteiger partial charge in [0.25, 0.3) is 0 Å². The summed E-state index contributed by atoms with van der Waals surface area (Å²) in [7, 11) is 0. The quantitative estimate of drug-likeness (QED) is 0.539. The highest BCUT2D eigenvalue weighted by Crippen LogP contribution is 2.35. The van der Waals surface area contributed by atoms with Gasteiger partial charge in [0.05, 0.1) is 0 Å². The molecule has 0 aromatic carbocycles. The summed E-state index contributed by atoms with van der Waals surface area (Å²) in [5, 5.41) is 3.56. The van der Waals surface area contributed by atoms with Gasteiger partial charge < -0.3 is 5.32 Å². The van der Waals surface area contributed by atoms with Crippen molar-refractivity contribution in [3.63, 3.8) is 0 Å². The molecule has 0 radical (unpaired) electrons. The Labute approximate surface area is 63.2 Å². The molecular weight excluding hydrogens is 122 g/mol. The van der Waals surface area contributed by atoms with Crippen LogP contribution in [-0.4, -0.2) is 12.6 Å². The van der Waals surface area contributed by atoms with E-state index in [-0.39, 0.29) is 0 Å². The van der Waals surface area contributed by atoms with Crippen LogP contribution in [0.3, 0.4) is 0 Å². The molecule has 1 saturated carbocycles. The molecule has 1 heterocycles. The molecule has 1 nitrogen and oxygen atoms in total. The molecule has 0 spiro atoms. The van der Waals surface area contributed by atoms with Gasteiger partial charge in [0.1, 0.15) is 0 Å². The molecule has 2 fully saturated rings. The second-order valence-corrected chi connectivity index (χ2v) is 3.91. The number of rotatable bonds is 0. The van der Waals surface area contributed by atoms with Crippen LogP contribution in [0, 0.1) is 11.8 Å². The number of hydrogen-bond acceptors (Lipinski definition) is 1. The highest BCUT2D eigenvalue weighted by molar-refractivity contribution is 4.89. The lowest BCUT2D eigenvalue weighted by Gasteiger charge is -2.26. The van der Waals surface area contributed by atoms with Crippen molar-refractivity contribution in [3.05, 3.63) is 0 Å². The summed E-state index contributed by atoms with van der Waals surface area (Å²) in [6.45, 7) is 3.64. The van der Waals surface area contributed by atoms with E-state index in [9.17, 15) is 0 Å². The Balaban J connectivity index is 2.01. The lowest BCUT2D eigenvalue weighted by Crippen LogP contribution is -2.24. The van der Waals surface area contributed by atoms with Gasteiger partial charge in [-0.2, -0.15) is 0 Å². The molecule has 1 aliphatic carbocycles. The normalized spacial score (nSPS) is 47.1. The van der Waals surface area contributed by atoms with E-state index in [0.717, 1.165) is 17.9 Å². The molecular formula is C9H17N. The third-order valence-electron chi connectivity index (χ3n) is 3.31. The van der Waals surface area contributed by atoms with Crippen molar-refractivity contribution in [1.82, 2.24) is 5.32 Å². The smallest absolute Gasteiger partial charge is 0.00702 e. The summed E-state index contributed by atoms with van der Waals surface area (Å²) in [4.78, 5) is 0. The van der Waals surface area contributed by atoms with Crippen molar-refractivity contribution in [2.24, 2.45) is 11.8 Å². The van der Waals surface area contributed by atoms with E-state index in [1.54, 1.807) is 0 Å². The Morgan fingerprint density at radius 2 is 2.00 bits per heavy atom. The van der Waals surface area contributed by atoms with E-state index >= 15 is 0 Å². The molecule has 58 valence electrons. The Hall–Kier alpha value is -0.0400. The predicted octanol–water partition coefficient (Wildman–Crippen LogP) is 1.78. The average Bonchev–Trinajstić information content (AvgIpc) is 2.34. The maximum absolute atomic E-state index is 3.56. The molecule has 2 rings (SSSR count). The molecule has 2 aliphatic rings. The summed E-state index contributed by atoms with van der Waals surface area (Å²) in [6.07, 6.45) is 5.93. The van der Waals surface area contributed by atoms with Gasteiger partial charge in [0.2, 0.25) is 0 Å². The van der Waals surface area contributed by atoms with Crippen LogP contribution in [0.25, 0.3) is 0 Å². The summed E-state index contributed by atoms with van der Waals surface area (Å²) in [6, 6.07) is 0.810. The second-order valence-electron chi connectivity index (χ2n) is 3.91. The first kappa shape index (κ1) is 6.66. The highest BCUT2D eigenvalue weighted by atomic mass is 15.0. The van der Waals surface area contributed by atoms with Gasteiger partial charge in [0.15, 0.2) is 0 Å². The van der Waals surface area contributed by atoms with Crippen LogP contribution >= 0.6 is 0 Å². The minimum atomic E-state index is 0.810. The Morgan fingerprint density at radius 1 is 1.20 bits per heavy atom. The zero-order chi connectivity index (χ0) is 6.97. The van der Waals surface area contributed by atoms with E-state index in [1.165, 1.54) is 32.2 Å². The first-order valence-electron chi connectivity index (χ1n) is 4.61. The molecule has 0 aromatic heterocycles. The molecule has 1 saturated heterocycles. The fraction of sp³-hybridized carbons (Fsp3) is 1.00. The monoisotopic (exact) mass is 139 g/mol. The summed E-state index contributed by atoms with van der Waals surface area (Å²) in [5.41, 5.74) is 0. The zero-order valence-electron chi connectivity index (χ0n) is 6.77. The van der Waals surface area contributed by atoms with Gasteiger partial charge in [-0.05, 0) is 38.1 Å². The average molecular weight is 139 g/mol. The number of fused-ring (bicyclic) bond motifs is 1. The van der Waals surface area contributed by atoms with Gasteiger partial charge in [-0.15, -0.1) is 0 Å². The summed E-state index contributed by atoms with van der Waals surface area (Å²) < 4.78 is 0. The maximum Gasteiger partial charge on any atom is 0.00702 e. The van der Waals surface area contributed by atoms with Gasteiger partial charge in [0, 0.05) is 6.04 Å².